The average Bonchev–Trinajstić information content (AvgIpc) is 2.94. The Kier molecular flexibility index (Phi) is 5.11. The first-order valence-corrected chi connectivity index (χ1v) is 8.94. The molecule has 5 heteroatoms. The number of rotatable bonds is 5. The highest BCUT2D eigenvalue weighted by Gasteiger charge is 2.14. The monoisotopic (exact) mass is 339 g/mol. The predicted octanol–water partition coefficient (Wildman–Crippen LogP) is 5.05. The molecule has 0 unspecified atom stereocenters. The maximum Gasteiger partial charge on any atom is 0.322 e. The molecule has 3 aromatic rings. The lowest BCUT2D eigenvalue weighted by Crippen LogP contribution is -2.35. The van der Waals surface area contributed by atoms with Gasteiger partial charge in [-0.05, 0) is 37.1 Å². The third-order valence-electron chi connectivity index (χ3n) is 3.74. The van der Waals surface area contributed by atoms with E-state index in [1.807, 2.05) is 60.4 Å². The molecular weight excluding hydrogens is 318 g/mol. The molecule has 1 N–H and O–H groups in total. The van der Waals surface area contributed by atoms with Gasteiger partial charge in [-0.3, -0.25) is 0 Å². The molecule has 0 atom stereocenters. The first-order valence-electron chi connectivity index (χ1n) is 8.13. The number of amides is 2. The maximum atomic E-state index is 12.6. The first-order chi connectivity index (χ1) is 11.7. The molecule has 124 valence electrons. The smallest absolute Gasteiger partial charge is 0.320 e. The average molecular weight is 339 g/mol. The molecule has 0 spiro atoms. The van der Waals surface area contributed by atoms with Crippen molar-refractivity contribution in [3.8, 4) is 0 Å². The van der Waals surface area contributed by atoms with Crippen LogP contribution in [0.25, 0.3) is 10.2 Å². The summed E-state index contributed by atoms with van der Waals surface area (Å²) in [5.41, 5.74) is 2.85. The van der Waals surface area contributed by atoms with Crippen LogP contribution in [0.3, 0.4) is 0 Å². The van der Waals surface area contributed by atoms with E-state index in [9.17, 15) is 4.79 Å². The predicted molar refractivity (Wildman–Crippen MR) is 101 cm³/mol. The van der Waals surface area contributed by atoms with E-state index >= 15 is 0 Å². The number of nitrogens with one attached hydrogen (secondary N) is 1. The van der Waals surface area contributed by atoms with Gasteiger partial charge >= 0.3 is 6.03 Å². The largest absolute Gasteiger partial charge is 0.322 e. The molecule has 0 bridgehead atoms. The van der Waals surface area contributed by atoms with Crippen LogP contribution in [0.4, 0.5) is 10.5 Å². The molecule has 0 fully saturated rings. The lowest BCUT2D eigenvalue weighted by Gasteiger charge is -2.22. The van der Waals surface area contributed by atoms with E-state index in [1.54, 1.807) is 11.3 Å². The van der Waals surface area contributed by atoms with E-state index in [0.717, 1.165) is 39.4 Å². The lowest BCUT2D eigenvalue weighted by atomic mass is 10.2. The molecule has 0 saturated heterocycles. The van der Waals surface area contributed by atoms with Gasteiger partial charge in [0.15, 0.2) is 0 Å². The summed E-state index contributed by atoms with van der Waals surface area (Å²) in [6, 6.07) is 15.9. The number of thiazole rings is 1. The standard InChI is InChI=1S/C19H21N3OS/c1-3-11-22(13-15-7-5-4-6-8-15)19(23)21-16-9-10-18-17(12-16)20-14(2)24-18/h4-10,12H,3,11,13H2,1-2H3,(H,21,23). The molecule has 0 aliphatic rings. The van der Waals surface area contributed by atoms with Crippen LogP contribution in [0.15, 0.2) is 48.5 Å². The SMILES string of the molecule is CCCN(Cc1ccccc1)C(=O)Nc1ccc2sc(C)nc2c1. The Morgan fingerprint density at radius 1 is 1.21 bits per heavy atom. The maximum absolute atomic E-state index is 12.6. The fourth-order valence-electron chi connectivity index (χ4n) is 2.65. The number of carbonyl (C=O) groups is 1. The minimum absolute atomic E-state index is 0.0768. The zero-order valence-corrected chi connectivity index (χ0v) is 14.8. The van der Waals surface area contributed by atoms with E-state index in [1.165, 1.54) is 0 Å². The molecule has 3 rings (SSSR count). The summed E-state index contributed by atoms with van der Waals surface area (Å²) < 4.78 is 1.14. The van der Waals surface area contributed by atoms with Gasteiger partial charge in [0.1, 0.15) is 0 Å². The van der Waals surface area contributed by atoms with Crippen molar-refractivity contribution < 1.29 is 4.79 Å². The van der Waals surface area contributed by atoms with Gasteiger partial charge in [-0.15, -0.1) is 11.3 Å². The van der Waals surface area contributed by atoms with Crippen molar-refractivity contribution in [2.75, 3.05) is 11.9 Å². The second kappa shape index (κ2) is 7.45. The minimum Gasteiger partial charge on any atom is -0.320 e. The number of hydrogen-bond acceptors (Lipinski definition) is 3. The summed E-state index contributed by atoms with van der Waals surface area (Å²) in [4.78, 5) is 19.0. The molecule has 1 heterocycles. The number of aromatic nitrogens is 1. The highest BCUT2D eigenvalue weighted by atomic mass is 32.1. The van der Waals surface area contributed by atoms with Crippen LogP contribution >= 0.6 is 11.3 Å². The molecule has 0 radical (unpaired) electrons. The lowest BCUT2D eigenvalue weighted by molar-refractivity contribution is 0.209. The van der Waals surface area contributed by atoms with Crippen molar-refractivity contribution in [3.05, 3.63) is 59.1 Å². The third-order valence-corrected chi connectivity index (χ3v) is 4.69. The molecule has 0 aliphatic heterocycles. The normalized spacial score (nSPS) is 10.8. The zero-order chi connectivity index (χ0) is 16.9. The van der Waals surface area contributed by atoms with Crippen molar-refractivity contribution in [1.82, 2.24) is 9.88 Å². The second-order valence-corrected chi connectivity index (χ2v) is 6.99. The topological polar surface area (TPSA) is 45.2 Å². The highest BCUT2D eigenvalue weighted by Crippen LogP contribution is 2.24. The van der Waals surface area contributed by atoms with Crippen molar-refractivity contribution in [1.29, 1.82) is 0 Å². The van der Waals surface area contributed by atoms with Crippen LogP contribution in [0.5, 0.6) is 0 Å². The molecule has 0 aliphatic carbocycles. The highest BCUT2D eigenvalue weighted by molar-refractivity contribution is 7.18. The molecule has 1 aromatic heterocycles. The van der Waals surface area contributed by atoms with Gasteiger partial charge in [-0.25, -0.2) is 9.78 Å². The Hall–Kier alpha value is -2.40. The molecule has 4 nitrogen and oxygen atoms in total. The van der Waals surface area contributed by atoms with Crippen molar-refractivity contribution in [2.45, 2.75) is 26.8 Å². The summed E-state index contributed by atoms with van der Waals surface area (Å²) in [7, 11) is 0. The molecule has 2 amide bonds. The number of fused-ring (bicyclic) bond motifs is 1. The number of hydrogen-bond donors (Lipinski definition) is 1. The summed E-state index contributed by atoms with van der Waals surface area (Å²) in [6.07, 6.45) is 0.921. The van der Waals surface area contributed by atoms with Gasteiger partial charge in [-0.1, -0.05) is 37.3 Å². The van der Waals surface area contributed by atoms with Crippen LogP contribution < -0.4 is 5.32 Å². The van der Waals surface area contributed by atoms with Crippen molar-refractivity contribution in [2.24, 2.45) is 0 Å². The Morgan fingerprint density at radius 3 is 2.75 bits per heavy atom. The third kappa shape index (κ3) is 3.92. The number of aryl methyl sites for hydroxylation is 1. The number of carbonyl (C=O) groups excluding carboxylic acids is 1. The van der Waals surface area contributed by atoms with E-state index in [-0.39, 0.29) is 6.03 Å². The number of benzene rings is 2. The minimum atomic E-state index is -0.0768. The van der Waals surface area contributed by atoms with Gasteiger partial charge in [0.25, 0.3) is 0 Å². The summed E-state index contributed by atoms with van der Waals surface area (Å²) in [5, 5.41) is 4.03. The van der Waals surface area contributed by atoms with E-state index < -0.39 is 0 Å². The number of nitrogens with zero attached hydrogens (tertiary/aromatic N) is 2. The number of anilines is 1. The Morgan fingerprint density at radius 2 is 2.00 bits per heavy atom. The zero-order valence-electron chi connectivity index (χ0n) is 14.0. The van der Waals surface area contributed by atoms with Crippen LogP contribution in [-0.2, 0) is 6.54 Å². The van der Waals surface area contributed by atoms with E-state index in [0.29, 0.717) is 6.54 Å². The van der Waals surface area contributed by atoms with Crippen LogP contribution in [-0.4, -0.2) is 22.5 Å². The van der Waals surface area contributed by atoms with Gasteiger partial charge in [0, 0.05) is 18.8 Å². The molecule has 2 aromatic carbocycles. The number of urea groups is 1. The molecule has 24 heavy (non-hydrogen) atoms. The Balaban J connectivity index is 1.73. The van der Waals surface area contributed by atoms with Gasteiger partial charge in [0.05, 0.1) is 15.2 Å². The Labute approximate surface area is 146 Å². The quantitative estimate of drug-likeness (QED) is 0.707. The molecule has 0 saturated carbocycles. The van der Waals surface area contributed by atoms with Crippen molar-refractivity contribution >= 4 is 33.3 Å². The fourth-order valence-corrected chi connectivity index (χ4v) is 3.46. The van der Waals surface area contributed by atoms with Crippen molar-refractivity contribution in [3.63, 3.8) is 0 Å². The van der Waals surface area contributed by atoms with Gasteiger partial charge in [-0.2, -0.15) is 0 Å². The summed E-state index contributed by atoms with van der Waals surface area (Å²) >= 11 is 1.66. The van der Waals surface area contributed by atoms with Crippen LogP contribution in [0.1, 0.15) is 23.9 Å². The van der Waals surface area contributed by atoms with E-state index in [2.05, 4.69) is 17.2 Å². The van der Waals surface area contributed by atoms with Gasteiger partial charge in [0.2, 0.25) is 0 Å². The Bertz CT molecular complexity index is 829. The summed E-state index contributed by atoms with van der Waals surface area (Å²) in [5.74, 6) is 0. The second-order valence-electron chi connectivity index (χ2n) is 5.75. The van der Waals surface area contributed by atoms with E-state index in [4.69, 9.17) is 0 Å². The fraction of sp³-hybridized carbons (Fsp3) is 0.263. The van der Waals surface area contributed by atoms with Gasteiger partial charge < -0.3 is 10.2 Å². The first kappa shape index (κ1) is 16.5. The summed E-state index contributed by atoms with van der Waals surface area (Å²) in [6.45, 7) is 5.40. The van der Waals surface area contributed by atoms with Crippen LogP contribution in [0, 0.1) is 6.92 Å². The van der Waals surface area contributed by atoms with Crippen LogP contribution in [0.2, 0.25) is 0 Å². The molecular formula is C19H21N3OS.